The van der Waals surface area contributed by atoms with Crippen molar-refractivity contribution >= 4 is 113 Å². The molecule has 0 radical (unpaired) electrons. The van der Waals surface area contributed by atoms with Gasteiger partial charge < -0.3 is 109 Å². The highest BCUT2D eigenvalue weighted by Crippen LogP contribution is 2.32. The number of aromatic nitrogens is 8. The number of fused-ring (bicyclic) bond motifs is 3. The van der Waals surface area contributed by atoms with Crippen molar-refractivity contribution in [1.29, 1.82) is 0 Å². The number of methoxy groups -OCH3 is 2. The summed E-state index contributed by atoms with van der Waals surface area (Å²) in [7, 11) is 5.29. The van der Waals surface area contributed by atoms with Gasteiger partial charge in [0.1, 0.15) is 66.1 Å². The third kappa shape index (κ3) is 23.7. The minimum absolute atomic E-state index is 0.0340. The minimum atomic E-state index is -1.66. The predicted octanol–water partition coefficient (Wildman–Crippen LogP) is -0.592. The fraction of sp³-hybridized carbons (Fsp3) is 0.421. The lowest BCUT2D eigenvalue weighted by Gasteiger charge is -2.29. The highest BCUT2D eigenvalue weighted by molar-refractivity contribution is 8.76. The predicted molar refractivity (Wildman–Crippen MR) is 431 cm³/mol. The maximum Gasteiger partial charge on any atom is 0.322 e. The van der Waals surface area contributed by atoms with Crippen LogP contribution in [0.15, 0.2) is 132 Å². The lowest BCUT2D eigenvalue weighted by molar-refractivity contribution is -0.136. The molecule has 618 valence electrons. The largest absolute Gasteiger partial charge is 0.609 e. The number of nitrogens with zero attached hydrogens (tertiary/aromatic N) is 5. The second-order valence-electron chi connectivity index (χ2n) is 27.4. The summed E-state index contributed by atoms with van der Waals surface area (Å²) in [6.07, 6.45) is -1.63. The van der Waals surface area contributed by atoms with Crippen molar-refractivity contribution in [2.45, 2.75) is 162 Å². The van der Waals surface area contributed by atoms with Crippen molar-refractivity contribution in [3.63, 3.8) is 0 Å². The molecule has 22 N–H and O–H groups in total. The van der Waals surface area contributed by atoms with E-state index in [0.29, 0.717) is 29.1 Å². The number of nitrogen functional groups attached to an aromatic ring is 1. The van der Waals surface area contributed by atoms with Crippen molar-refractivity contribution in [2.24, 2.45) is 11.5 Å². The molecule has 7 heterocycles. The Morgan fingerprint density at radius 1 is 0.765 bits per heavy atom. The molecule has 39 heteroatoms. The molecule has 2 fully saturated rings. The van der Waals surface area contributed by atoms with Crippen molar-refractivity contribution in [3.05, 3.63) is 166 Å². The van der Waals surface area contributed by atoms with E-state index >= 15 is 0 Å². The molecule has 0 saturated carbocycles. The van der Waals surface area contributed by atoms with Gasteiger partial charge in [0.25, 0.3) is 5.56 Å². The van der Waals surface area contributed by atoms with Gasteiger partial charge in [-0.1, -0.05) is 100 Å². The fourth-order valence-corrected chi connectivity index (χ4v) is 16.0. The monoisotopic (exact) mass is 1650 g/mol. The van der Waals surface area contributed by atoms with Crippen molar-refractivity contribution in [2.75, 3.05) is 51.2 Å². The zero-order valence-electron chi connectivity index (χ0n) is 63.9. The Hall–Kier alpha value is -10.3. The molecule has 1 unspecified atom stereocenters. The Labute approximate surface area is 671 Å². The van der Waals surface area contributed by atoms with E-state index in [9.17, 15) is 68.4 Å². The summed E-state index contributed by atoms with van der Waals surface area (Å²) in [5.41, 5.74) is 24.3. The number of benzene rings is 4. The molecule has 2 aliphatic heterocycles. The molecular formula is C76H98N18O18S3. The van der Waals surface area contributed by atoms with E-state index in [1.807, 2.05) is 62.4 Å². The number of H-pyrrole nitrogens is 3. The molecule has 9 aromatic rings. The van der Waals surface area contributed by atoms with Crippen LogP contribution in [0.4, 0.5) is 5.95 Å². The molecular weight excluding hydrogens is 1550 g/mol. The number of hydrogen-bond acceptors (Lipinski definition) is 27. The number of imidazole rings is 2. The van der Waals surface area contributed by atoms with E-state index in [2.05, 4.69) is 72.1 Å². The van der Waals surface area contributed by atoms with Crippen LogP contribution in [0, 0.1) is 13.8 Å². The number of ether oxygens (including phenoxy) is 3. The average Bonchev–Trinajstić information content (AvgIpc) is 1.62. The van der Waals surface area contributed by atoms with Crippen molar-refractivity contribution < 1.29 is 83.0 Å². The number of unbranched alkanes of at least 4 members (excludes halogenated alkanes) is 1. The number of anilines is 1. The van der Waals surface area contributed by atoms with Crippen LogP contribution in [0.2, 0.25) is 0 Å². The van der Waals surface area contributed by atoms with E-state index in [1.165, 1.54) is 24.7 Å². The number of carbonyl (C=O) groups excluding carboxylic acids is 7. The van der Waals surface area contributed by atoms with E-state index in [0.717, 1.165) is 77.4 Å². The molecule has 2 saturated heterocycles. The second-order valence-corrected chi connectivity index (χ2v) is 31.4. The molecule has 0 aliphatic carbocycles. The maximum absolute atomic E-state index is 14.7. The first kappa shape index (κ1) is 88.7. The normalized spacial score (nSPS) is 21.9. The van der Waals surface area contributed by atoms with Gasteiger partial charge >= 0.3 is 5.16 Å². The summed E-state index contributed by atoms with van der Waals surface area (Å²) in [5.74, 6) is -4.32. The average molecular weight is 1650 g/mol. The number of aliphatic hydroxyl groups excluding tert-OH is 6. The number of amides is 7. The first-order chi connectivity index (χ1) is 55.1. The van der Waals surface area contributed by atoms with E-state index in [4.69, 9.17) is 36.5 Å². The van der Waals surface area contributed by atoms with Gasteiger partial charge in [-0.15, -0.1) is 0 Å². The summed E-state index contributed by atoms with van der Waals surface area (Å²) >= 11 is -1.33. The van der Waals surface area contributed by atoms with E-state index in [1.54, 1.807) is 81.2 Å². The smallest absolute Gasteiger partial charge is 0.322 e. The molecule has 0 bridgehead atoms. The third-order valence-corrected chi connectivity index (χ3v) is 22.6. The van der Waals surface area contributed by atoms with Gasteiger partial charge in [-0.2, -0.15) is 9.97 Å². The Morgan fingerprint density at radius 2 is 1.43 bits per heavy atom. The number of nitrogens with two attached hydrogens (primary N) is 3. The molecule has 2 aliphatic rings. The van der Waals surface area contributed by atoms with Crippen molar-refractivity contribution in [1.82, 2.24) is 76.7 Å². The molecule has 15 atom stereocenters. The standard InChI is InChI=1S/C49H66N10O10S2.C17H19N3O3S.C10H13N5O5/c1-28(61)39(25-60)56-48(68)41-27-71-70-26-40(57-43(63)34(51)21-30-13-5-3-6-14-30)47(67)54-37(22-31-15-7-4-8-16-31)45(65)55-38(23-32-24-52-35-18-10-9-17-33(32)35)46(66)53-36(19-11-12-20-50)44(64)59-42(29(2)62)49(69)58-41;1-10-8-18-15(11(2)16(10)23-4)9-24(21)17-19-13-6-5-12(22-3)7-14(13)20-17;11-10-13-7-4(8(19)14-10)12-2-15(7)9-6(18)5(17)3(1-16)20-9/h3-10,13-18,24,28-29,34,36-42,52,60-62H,11-12,19-23,25-27,50-51H2,1-2H3,(H,53,66)(H,54,67)(H,55,65)(H,56,68)(H,57,63)(H,58,69)(H,59,64);5-8H,9H2,1-4H3,(H,19,20);2-3,5-6,9,16-18H,1H2,(H3,11,13,14,19)/t28-,29-,34-,36+,37+,38-,39-,40+,41+,42+;;3-,5-,6-,9-/m1.1/s1. The minimum Gasteiger partial charge on any atom is -0.609 e. The Balaban J connectivity index is 0.000000273. The van der Waals surface area contributed by atoms with Crippen LogP contribution in [0.1, 0.15) is 72.8 Å². The number of carbonyl (C=O) groups is 7. The quantitative estimate of drug-likeness (QED) is 0.0204. The summed E-state index contributed by atoms with van der Waals surface area (Å²) < 4.78 is 29.9. The Morgan fingerprint density at radius 3 is 2.09 bits per heavy atom. The second kappa shape index (κ2) is 42.4. The van der Waals surface area contributed by atoms with Crippen LogP contribution in [0.5, 0.6) is 11.5 Å². The zero-order valence-corrected chi connectivity index (χ0v) is 66.3. The lowest BCUT2D eigenvalue weighted by atomic mass is 10.0. The van der Waals surface area contributed by atoms with Crippen LogP contribution in [0.25, 0.3) is 33.1 Å². The van der Waals surface area contributed by atoms with Gasteiger partial charge in [0, 0.05) is 76.0 Å². The first-order valence-corrected chi connectivity index (χ1v) is 40.6. The summed E-state index contributed by atoms with van der Waals surface area (Å²) in [4.78, 5) is 136. The third-order valence-electron chi connectivity index (χ3n) is 19.0. The number of nitrogens with one attached hydrogen (secondary N) is 10. The van der Waals surface area contributed by atoms with Crippen LogP contribution >= 0.6 is 21.6 Å². The van der Waals surface area contributed by atoms with E-state index in [-0.39, 0.29) is 66.6 Å². The van der Waals surface area contributed by atoms with Gasteiger partial charge in [0.05, 0.1) is 74.8 Å². The maximum atomic E-state index is 14.7. The van der Waals surface area contributed by atoms with Crippen LogP contribution in [0.3, 0.4) is 0 Å². The number of hydrogen-bond donors (Lipinski definition) is 19. The molecule has 5 aromatic heterocycles. The highest BCUT2D eigenvalue weighted by Gasteiger charge is 2.44. The lowest BCUT2D eigenvalue weighted by Crippen LogP contribution is -2.62. The molecule has 115 heavy (non-hydrogen) atoms. The number of aryl methyl sites for hydroxylation is 1. The summed E-state index contributed by atoms with van der Waals surface area (Å²) in [6, 6.07) is 20.1. The highest BCUT2D eigenvalue weighted by atomic mass is 33.1. The fourth-order valence-electron chi connectivity index (χ4n) is 12.6. The zero-order chi connectivity index (χ0) is 83.2. The molecule has 7 amide bonds. The van der Waals surface area contributed by atoms with Crippen LogP contribution in [-0.2, 0) is 74.5 Å². The van der Waals surface area contributed by atoms with Gasteiger partial charge in [-0.3, -0.25) is 57.9 Å². The SMILES string of the molecule is COc1ccc2nc([S+]([O-])Cc3ncc(C)c(OC)c3C)[nH]c2c1.C[C@@H](O)[C@@H]1NC(=O)[C@H](CCCCN)NC(=O)[C@@H](Cc2c[nH]c3ccccc23)NC(=O)[C@H](Cc2ccccc2)NC(=O)[C@@H](NC(=O)[C@H](N)Cc2ccccc2)CSSC[C@@H](C(=O)N[C@H](CO)[C@@H](C)O)NC1=O.Nc1nc2c(ncn2[C@@H]2O[C@H](CO)[C@@H](O)[C@H]2O)c(=O)[nH]1. The Bertz CT molecular complexity index is 4830. The van der Waals surface area contributed by atoms with Gasteiger partial charge in [-0.05, 0) is 94.8 Å². The molecule has 36 nitrogen and oxygen atoms in total. The Kier molecular flexibility index (Phi) is 32.7. The summed E-state index contributed by atoms with van der Waals surface area (Å²) in [5, 5.41) is 79.7. The molecule has 4 aromatic carbocycles. The number of aromatic amines is 3. The van der Waals surface area contributed by atoms with Gasteiger partial charge in [0.15, 0.2) is 23.1 Å². The number of rotatable bonds is 24. The van der Waals surface area contributed by atoms with Gasteiger partial charge in [0.2, 0.25) is 47.3 Å². The molecule has 11 rings (SSSR count). The van der Waals surface area contributed by atoms with Crippen molar-refractivity contribution in [3.8, 4) is 11.5 Å². The van der Waals surface area contributed by atoms with Gasteiger partial charge in [-0.25, -0.2) is 4.98 Å². The molecule has 0 spiro atoms. The van der Waals surface area contributed by atoms with Crippen LogP contribution < -0.4 is 69.5 Å². The van der Waals surface area contributed by atoms with E-state index < -0.39 is 156 Å². The van der Waals surface area contributed by atoms with Crippen LogP contribution in [-0.4, -0.2) is 240 Å². The topological polar surface area (TPSA) is 575 Å². The summed E-state index contributed by atoms with van der Waals surface area (Å²) in [6.45, 7) is 5.64. The number of para-hydroxylation sites is 1. The number of aliphatic hydroxyl groups is 6. The number of pyridine rings is 1. The first-order valence-electron chi connectivity index (χ1n) is 36.8.